The molecule has 1 radical (unpaired) electrons. The lowest BCUT2D eigenvalue weighted by molar-refractivity contribution is 0.140. The number of hydrogen-bond acceptors (Lipinski definition) is 2. The van der Waals surface area contributed by atoms with Crippen LogP contribution in [0.3, 0.4) is 0 Å². The summed E-state index contributed by atoms with van der Waals surface area (Å²) in [7, 11) is 0. The number of hydrogen-bond donors (Lipinski definition) is 1. The van der Waals surface area contributed by atoms with Gasteiger partial charge in [-0.2, -0.15) is 0 Å². The highest BCUT2D eigenvalue weighted by atomic mass is 15.2. The Hall–Kier alpha value is -0.0800. The Kier molecular flexibility index (Phi) is 1.91. The first kappa shape index (κ1) is 6.62. The fraction of sp³-hybridized carbons (Fsp3) is 0.875. The lowest BCUT2D eigenvalue weighted by Crippen LogP contribution is -2.50. The van der Waals surface area contributed by atoms with E-state index >= 15 is 0 Å². The van der Waals surface area contributed by atoms with Gasteiger partial charge in [0.05, 0.1) is 0 Å². The van der Waals surface area contributed by atoms with Gasteiger partial charge in [-0.25, -0.2) is 0 Å². The molecule has 1 saturated heterocycles. The molecule has 2 fully saturated rings. The molecule has 1 N–H and O–H groups in total. The highest BCUT2D eigenvalue weighted by molar-refractivity contribution is 4.93. The van der Waals surface area contributed by atoms with Gasteiger partial charge in [0.1, 0.15) is 0 Å². The van der Waals surface area contributed by atoms with Crippen LogP contribution in [0.4, 0.5) is 0 Å². The second-order valence-electron chi connectivity index (χ2n) is 3.20. The molecule has 2 nitrogen and oxygen atoms in total. The second-order valence-corrected chi connectivity index (χ2v) is 3.20. The van der Waals surface area contributed by atoms with Crippen LogP contribution >= 0.6 is 0 Å². The van der Waals surface area contributed by atoms with Crippen molar-refractivity contribution in [2.45, 2.75) is 18.9 Å². The number of nitrogens with one attached hydrogen (secondary N) is 1. The molecule has 0 amide bonds. The van der Waals surface area contributed by atoms with Crippen molar-refractivity contribution in [1.29, 1.82) is 0 Å². The fourth-order valence-electron chi connectivity index (χ4n) is 1.66. The van der Waals surface area contributed by atoms with Crippen LogP contribution in [0.5, 0.6) is 0 Å². The van der Waals surface area contributed by atoms with Crippen LogP contribution in [0, 0.1) is 6.42 Å². The molecule has 2 rings (SSSR count). The van der Waals surface area contributed by atoms with Crippen molar-refractivity contribution in [1.82, 2.24) is 10.2 Å². The minimum atomic E-state index is 0.905. The van der Waals surface area contributed by atoms with E-state index in [1.807, 2.05) is 0 Å². The molecule has 0 aromatic rings. The van der Waals surface area contributed by atoms with Gasteiger partial charge >= 0.3 is 0 Å². The topological polar surface area (TPSA) is 15.3 Å². The zero-order valence-electron chi connectivity index (χ0n) is 6.34. The largest absolute Gasteiger partial charge is 0.314 e. The SMILES string of the molecule is [CH]1CC(N2CCNCC2)C1. The number of rotatable bonds is 1. The summed E-state index contributed by atoms with van der Waals surface area (Å²) < 4.78 is 0. The monoisotopic (exact) mass is 139 g/mol. The van der Waals surface area contributed by atoms with Gasteiger partial charge in [0.2, 0.25) is 0 Å². The van der Waals surface area contributed by atoms with Gasteiger partial charge in [-0.05, 0) is 19.3 Å². The Morgan fingerprint density at radius 3 is 2.40 bits per heavy atom. The zero-order chi connectivity index (χ0) is 6.81. The Labute approximate surface area is 62.6 Å². The molecule has 2 heteroatoms. The summed E-state index contributed by atoms with van der Waals surface area (Å²) in [6, 6.07) is 0.905. The van der Waals surface area contributed by atoms with Crippen molar-refractivity contribution >= 4 is 0 Å². The van der Waals surface area contributed by atoms with Crippen molar-refractivity contribution in [3.63, 3.8) is 0 Å². The molecule has 57 valence electrons. The minimum Gasteiger partial charge on any atom is -0.314 e. The number of nitrogens with zero attached hydrogens (tertiary/aromatic N) is 1. The third-order valence-electron chi connectivity index (χ3n) is 2.55. The van der Waals surface area contributed by atoms with Crippen LogP contribution in [0.1, 0.15) is 12.8 Å². The number of piperazine rings is 1. The molecule has 0 atom stereocenters. The summed E-state index contributed by atoms with van der Waals surface area (Å²) in [6.07, 6.45) is 5.05. The maximum Gasteiger partial charge on any atom is 0.0110 e. The predicted octanol–water partition coefficient (Wildman–Crippen LogP) is 0.258. The molecule has 10 heavy (non-hydrogen) atoms. The van der Waals surface area contributed by atoms with Gasteiger partial charge in [-0.3, -0.25) is 4.90 Å². The van der Waals surface area contributed by atoms with Crippen molar-refractivity contribution in [2.24, 2.45) is 0 Å². The fourth-order valence-corrected chi connectivity index (χ4v) is 1.66. The third kappa shape index (κ3) is 1.18. The summed E-state index contributed by atoms with van der Waals surface area (Å²) in [5.41, 5.74) is 0. The summed E-state index contributed by atoms with van der Waals surface area (Å²) >= 11 is 0. The first-order valence-electron chi connectivity index (χ1n) is 4.23. The Bertz CT molecular complexity index is 104. The summed E-state index contributed by atoms with van der Waals surface area (Å²) in [6.45, 7) is 4.91. The Morgan fingerprint density at radius 1 is 1.20 bits per heavy atom. The van der Waals surface area contributed by atoms with Crippen LogP contribution in [-0.2, 0) is 0 Å². The van der Waals surface area contributed by atoms with Gasteiger partial charge < -0.3 is 5.32 Å². The third-order valence-corrected chi connectivity index (χ3v) is 2.55. The van der Waals surface area contributed by atoms with Gasteiger partial charge in [0.25, 0.3) is 0 Å². The highest BCUT2D eigenvalue weighted by Gasteiger charge is 2.25. The van der Waals surface area contributed by atoms with Gasteiger partial charge in [0.15, 0.2) is 0 Å². The van der Waals surface area contributed by atoms with E-state index in [1.165, 1.54) is 39.0 Å². The lowest BCUT2D eigenvalue weighted by atomic mass is 9.91. The van der Waals surface area contributed by atoms with E-state index in [0.717, 1.165) is 6.04 Å². The van der Waals surface area contributed by atoms with Crippen LogP contribution in [0.2, 0.25) is 0 Å². The molecule has 1 aliphatic heterocycles. The lowest BCUT2D eigenvalue weighted by Gasteiger charge is -2.39. The summed E-state index contributed by atoms with van der Waals surface area (Å²) in [5.74, 6) is 0. The van der Waals surface area contributed by atoms with Crippen LogP contribution < -0.4 is 5.32 Å². The quantitative estimate of drug-likeness (QED) is 0.560. The molecule has 2 aliphatic rings. The zero-order valence-corrected chi connectivity index (χ0v) is 6.34. The van der Waals surface area contributed by atoms with Crippen LogP contribution in [-0.4, -0.2) is 37.1 Å². The first-order valence-corrected chi connectivity index (χ1v) is 4.23. The average Bonchev–Trinajstić information content (AvgIpc) is 1.86. The molecule has 0 bridgehead atoms. The molecular formula is C8H15N2. The van der Waals surface area contributed by atoms with E-state index in [-0.39, 0.29) is 0 Å². The first-order chi connectivity index (χ1) is 4.97. The Balaban J connectivity index is 1.78. The molecule has 1 saturated carbocycles. The van der Waals surface area contributed by atoms with Gasteiger partial charge in [-0.1, -0.05) is 0 Å². The smallest absolute Gasteiger partial charge is 0.0110 e. The Morgan fingerprint density at radius 2 is 1.90 bits per heavy atom. The van der Waals surface area contributed by atoms with Crippen molar-refractivity contribution in [3.8, 4) is 0 Å². The van der Waals surface area contributed by atoms with E-state index in [0.29, 0.717) is 0 Å². The molecule has 0 aromatic carbocycles. The molecular weight excluding hydrogens is 124 g/mol. The molecule has 0 unspecified atom stereocenters. The molecule has 0 spiro atoms. The van der Waals surface area contributed by atoms with Crippen LogP contribution in [0.15, 0.2) is 0 Å². The molecule has 1 heterocycles. The van der Waals surface area contributed by atoms with Crippen molar-refractivity contribution < 1.29 is 0 Å². The standard InChI is InChI=1S/C8H15N2/c1-2-8(3-1)10-6-4-9-5-7-10/h1,8-9H,2-7H2. The van der Waals surface area contributed by atoms with E-state index in [4.69, 9.17) is 0 Å². The minimum absolute atomic E-state index is 0.905. The van der Waals surface area contributed by atoms with E-state index in [1.54, 1.807) is 0 Å². The van der Waals surface area contributed by atoms with Crippen molar-refractivity contribution in [3.05, 3.63) is 6.42 Å². The molecule has 1 aliphatic carbocycles. The highest BCUT2D eigenvalue weighted by Crippen LogP contribution is 2.23. The second kappa shape index (κ2) is 2.89. The van der Waals surface area contributed by atoms with Crippen molar-refractivity contribution in [2.75, 3.05) is 26.2 Å². The predicted molar refractivity (Wildman–Crippen MR) is 41.8 cm³/mol. The van der Waals surface area contributed by atoms with Crippen LogP contribution in [0.25, 0.3) is 0 Å². The van der Waals surface area contributed by atoms with Gasteiger partial charge in [-0.15, -0.1) is 0 Å². The summed E-state index contributed by atoms with van der Waals surface area (Å²) in [4.78, 5) is 2.61. The maximum atomic E-state index is 3.37. The maximum absolute atomic E-state index is 3.37. The van der Waals surface area contributed by atoms with E-state index in [9.17, 15) is 0 Å². The molecule has 0 aromatic heterocycles. The van der Waals surface area contributed by atoms with E-state index < -0.39 is 0 Å². The summed E-state index contributed by atoms with van der Waals surface area (Å²) in [5, 5.41) is 3.37. The van der Waals surface area contributed by atoms with Gasteiger partial charge in [0, 0.05) is 32.2 Å². The normalized spacial score (nSPS) is 30.0. The average molecular weight is 139 g/mol. The van der Waals surface area contributed by atoms with E-state index in [2.05, 4.69) is 16.6 Å².